The Labute approximate surface area is 157 Å². The molecule has 2 rings (SSSR count). The van der Waals surface area contributed by atoms with E-state index in [4.69, 9.17) is 23.2 Å². The number of halogens is 2. The number of nitrogens with one attached hydrogen (secondary N) is 2. The van der Waals surface area contributed by atoms with Crippen molar-refractivity contribution in [3.05, 3.63) is 58.1 Å². The second-order valence-corrected chi connectivity index (χ2v) is 8.07. The Balaban J connectivity index is 2.13. The number of hydrogen-bond acceptors (Lipinski definition) is 3. The van der Waals surface area contributed by atoms with Gasteiger partial charge in [-0.3, -0.25) is 4.79 Å². The number of carbonyl (C=O) groups is 1. The SMILES string of the molecule is CC[C@H](C)NS(=O)(=O)c1ccc(C(=O)Nc2ccc(Cl)c(Cl)c2)cc1. The minimum absolute atomic E-state index is 0.110. The summed E-state index contributed by atoms with van der Waals surface area (Å²) in [6.07, 6.45) is 0.684. The topological polar surface area (TPSA) is 75.3 Å². The number of amides is 1. The summed E-state index contributed by atoms with van der Waals surface area (Å²) in [5.41, 5.74) is 0.822. The molecule has 0 aliphatic rings. The van der Waals surface area contributed by atoms with E-state index in [2.05, 4.69) is 10.0 Å². The van der Waals surface area contributed by atoms with E-state index >= 15 is 0 Å². The lowest BCUT2D eigenvalue weighted by atomic mass is 10.2. The van der Waals surface area contributed by atoms with Gasteiger partial charge in [-0.2, -0.15) is 0 Å². The molecule has 0 radical (unpaired) electrons. The highest BCUT2D eigenvalue weighted by Crippen LogP contribution is 2.25. The molecule has 0 saturated carbocycles. The molecule has 2 aromatic rings. The zero-order chi connectivity index (χ0) is 18.6. The molecule has 0 fully saturated rings. The first-order chi connectivity index (χ1) is 11.7. The molecule has 8 heteroatoms. The van der Waals surface area contributed by atoms with E-state index in [0.717, 1.165) is 0 Å². The zero-order valence-corrected chi connectivity index (χ0v) is 16.0. The van der Waals surface area contributed by atoms with Gasteiger partial charge in [0, 0.05) is 17.3 Å². The lowest BCUT2D eigenvalue weighted by Crippen LogP contribution is -2.32. The van der Waals surface area contributed by atoms with Crippen molar-refractivity contribution < 1.29 is 13.2 Å². The van der Waals surface area contributed by atoms with Crippen molar-refractivity contribution in [3.8, 4) is 0 Å². The summed E-state index contributed by atoms with van der Waals surface area (Å²) in [5, 5.41) is 3.40. The zero-order valence-electron chi connectivity index (χ0n) is 13.7. The Morgan fingerprint density at radius 3 is 2.28 bits per heavy atom. The number of benzene rings is 2. The van der Waals surface area contributed by atoms with Crippen molar-refractivity contribution in [2.24, 2.45) is 0 Å². The molecular weight excluding hydrogens is 383 g/mol. The monoisotopic (exact) mass is 400 g/mol. The van der Waals surface area contributed by atoms with Gasteiger partial charge in [-0.15, -0.1) is 0 Å². The summed E-state index contributed by atoms with van der Waals surface area (Å²) in [7, 11) is -3.60. The van der Waals surface area contributed by atoms with Crippen molar-refractivity contribution in [1.29, 1.82) is 0 Å². The van der Waals surface area contributed by atoms with Crippen LogP contribution in [-0.4, -0.2) is 20.4 Å². The van der Waals surface area contributed by atoms with Crippen LogP contribution < -0.4 is 10.0 Å². The van der Waals surface area contributed by atoms with Crippen molar-refractivity contribution >= 4 is 44.8 Å². The number of anilines is 1. The van der Waals surface area contributed by atoms with Crippen molar-refractivity contribution in [3.63, 3.8) is 0 Å². The Kier molecular flexibility index (Phi) is 6.46. The maximum absolute atomic E-state index is 12.2. The van der Waals surface area contributed by atoms with Crippen LogP contribution in [0.25, 0.3) is 0 Å². The molecule has 2 aromatic carbocycles. The molecular formula is C17H18Cl2N2O3S. The van der Waals surface area contributed by atoms with Gasteiger partial charge < -0.3 is 5.32 Å². The number of hydrogen-bond donors (Lipinski definition) is 2. The molecule has 1 amide bonds. The van der Waals surface area contributed by atoms with E-state index in [0.29, 0.717) is 27.7 Å². The molecule has 5 nitrogen and oxygen atoms in total. The molecule has 2 N–H and O–H groups in total. The lowest BCUT2D eigenvalue weighted by Gasteiger charge is -2.12. The number of rotatable bonds is 6. The Morgan fingerprint density at radius 1 is 1.08 bits per heavy atom. The molecule has 0 spiro atoms. The smallest absolute Gasteiger partial charge is 0.255 e. The highest BCUT2D eigenvalue weighted by Gasteiger charge is 2.17. The summed E-state index contributed by atoms with van der Waals surface area (Å²) in [6.45, 7) is 3.68. The van der Waals surface area contributed by atoms with E-state index < -0.39 is 10.0 Å². The average molecular weight is 401 g/mol. The molecule has 0 unspecified atom stereocenters. The van der Waals surface area contributed by atoms with Gasteiger partial charge in [0.05, 0.1) is 14.9 Å². The summed E-state index contributed by atoms with van der Waals surface area (Å²) in [5.74, 6) is -0.378. The van der Waals surface area contributed by atoms with Crippen molar-refractivity contribution in [2.45, 2.75) is 31.2 Å². The maximum atomic E-state index is 12.2. The fourth-order valence-electron chi connectivity index (χ4n) is 1.98. The van der Waals surface area contributed by atoms with Gasteiger partial charge >= 0.3 is 0 Å². The van der Waals surface area contributed by atoms with Gasteiger partial charge in [-0.1, -0.05) is 30.1 Å². The highest BCUT2D eigenvalue weighted by molar-refractivity contribution is 7.89. The predicted molar refractivity (Wildman–Crippen MR) is 101 cm³/mol. The molecule has 0 heterocycles. The van der Waals surface area contributed by atoms with Crippen LogP contribution in [-0.2, 0) is 10.0 Å². The molecule has 134 valence electrons. The summed E-state index contributed by atoms with van der Waals surface area (Å²) in [4.78, 5) is 12.4. The van der Waals surface area contributed by atoms with Gasteiger partial charge in [0.1, 0.15) is 0 Å². The second kappa shape index (κ2) is 8.19. The van der Waals surface area contributed by atoms with E-state index in [1.807, 2.05) is 6.92 Å². The lowest BCUT2D eigenvalue weighted by molar-refractivity contribution is 0.102. The third-order valence-corrected chi connectivity index (χ3v) is 5.92. The number of sulfonamides is 1. The van der Waals surface area contributed by atoms with E-state index in [-0.39, 0.29) is 16.8 Å². The van der Waals surface area contributed by atoms with Crippen LogP contribution in [0.5, 0.6) is 0 Å². The molecule has 0 aliphatic carbocycles. The average Bonchev–Trinajstić information content (AvgIpc) is 2.57. The predicted octanol–water partition coefficient (Wildman–Crippen LogP) is 4.32. The third-order valence-electron chi connectivity index (χ3n) is 3.57. The Bertz CT molecular complexity index is 868. The summed E-state index contributed by atoms with van der Waals surface area (Å²) < 4.78 is 27.0. The van der Waals surface area contributed by atoms with Crippen LogP contribution in [0.15, 0.2) is 47.4 Å². The molecule has 0 aliphatic heterocycles. The molecule has 25 heavy (non-hydrogen) atoms. The van der Waals surface area contributed by atoms with Crippen LogP contribution in [0.1, 0.15) is 30.6 Å². The first kappa shape index (κ1) is 19.7. The normalized spacial score (nSPS) is 12.6. The van der Waals surface area contributed by atoms with Crippen LogP contribution in [0, 0.1) is 0 Å². The molecule has 0 saturated heterocycles. The maximum Gasteiger partial charge on any atom is 0.255 e. The van der Waals surface area contributed by atoms with E-state index in [9.17, 15) is 13.2 Å². The first-order valence-electron chi connectivity index (χ1n) is 7.61. The van der Waals surface area contributed by atoms with E-state index in [1.165, 1.54) is 30.3 Å². The van der Waals surface area contributed by atoms with Crippen LogP contribution in [0.2, 0.25) is 10.0 Å². The Hall–Kier alpha value is -1.60. The standard InChI is InChI=1S/C17H18Cl2N2O3S/c1-3-11(2)21-25(23,24)14-7-4-12(5-8-14)17(22)20-13-6-9-15(18)16(19)10-13/h4-11,21H,3H2,1-2H3,(H,20,22)/t11-/m0/s1. The van der Waals surface area contributed by atoms with E-state index in [1.54, 1.807) is 19.1 Å². The minimum Gasteiger partial charge on any atom is -0.322 e. The second-order valence-electron chi connectivity index (χ2n) is 5.54. The van der Waals surface area contributed by atoms with Gasteiger partial charge in [0.25, 0.3) is 5.91 Å². The largest absolute Gasteiger partial charge is 0.322 e. The summed E-state index contributed by atoms with van der Waals surface area (Å²) in [6, 6.07) is 10.3. The van der Waals surface area contributed by atoms with Gasteiger partial charge in [0.15, 0.2) is 0 Å². The first-order valence-corrected chi connectivity index (χ1v) is 9.85. The van der Waals surface area contributed by atoms with Crippen molar-refractivity contribution in [1.82, 2.24) is 4.72 Å². The van der Waals surface area contributed by atoms with Crippen molar-refractivity contribution in [2.75, 3.05) is 5.32 Å². The molecule has 0 aromatic heterocycles. The quantitative estimate of drug-likeness (QED) is 0.757. The third kappa shape index (κ3) is 5.19. The summed E-state index contributed by atoms with van der Waals surface area (Å²) >= 11 is 11.7. The van der Waals surface area contributed by atoms with Gasteiger partial charge in [-0.05, 0) is 55.8 Å². The van der Waals surface area contributed by atoms with Crippen LogP contribution >= 0.6 is 23.2 Å². The highest BCUT2D eigenvalue weighted by atomic mass is 35.5. The fraction of sp³-hybridized carbons (Fsp3) is 0.235. The van der Waals surface area contributed by atoms with Crippen LogP contribution in [0.4, 0.5) is 5.69 Å². The van der Waals surface area contributed by atoms with Crippen LogP contribution in [0.3, 0.4) is 0 Å². The number of carbonyl (C=O) groups excluding carboxylic acids is 1. The molecule has 1 atom stereocenters. The minimum atomic E-state index is -3.60. The van der Waals surface area contributed by atoms with Gasteiger partial charge in [-0.25, -0.2) is 13.1 Å². The van der Waals surface area contributed by atoms with Gasteiger partial charge in [0.2, 0.25) is 10.0 Å². The Morgan fingerprint density at radius 2 is 1.72 bits per heavy atom. The molecule has 0 bridgehead atoms. The fourth-order valence-corrected chi connectivity index (χ4v) is 3.60.